The Kier molecular flexibility index (Phi) is 5.62. The van der Waals surface area contributed by atoms with E-state index in [9.17, 15) is 4.79 Å². The average molecular weight is 404 g/mol. The Balaban J connectivity index is 1.81. The molecule has 25 heavy (non-hydrogen) atoms. The van der Waals surface area contributed by atoms with Gasteiger partial charge in [-0.3, -0.25) is 4.79 Å². The van der Waals surface area contributed by atoms with Crippen LogP contribution in [0.25, 0.3) is 5.69 Å². The number of benzene rings is 1. The summed E-state index contributed by atoms with van der Waals surface area (Å²) in [7, 11) is 0. The van der Waals surface area contributed by atoms with Crippen molar-refractivity contribution >= 4 is 21.8 Å². The molecule has 0 bridgehead atoms. The van der Waals surface area contributed by atoms with E-state index in [2.05, 4.69) is 28.0 Å². The van der Waals surface area contributed by atoms with Gasteiger partial charge in [0.05, 0.1) is 21.5 Å². The number of halogens is 1. The van der Waals surface area contributed by atoms with Crippen molar-refractivity contribution in [1.82, 2.24) is 14.7 Å². The van der Waals surface area contributed by atoms with Crippen LogP contribution in [0.1, 0.15) is 60.8 Å². The van der Waals surface area contributed by atoms with Crippen LogP contribution in [0.15, 0.2) is 28.7 Å². The maximum atomic E-state index is 12.9. The number of carbonyl (C=O) groups is 1. The maximum Gasteiger partial charge on any atom is 0.254 e. The molecule has 1 saturated carbocycles. The van der Waals surface area contributed by atoms with E-state index in [1.165, 1.54) is 19.3 Å². The first kappa shape index (κ1) is 18.2. The number of hydrogen-bond donors (Lipinski definition) is 0. The highest BCUT2D eigenvalue weighted by Gasteiger charge is 2.25. The van der Waals surface area contributed by atoms with Crippen LogP contribution in [0.4, 0.5) is 0 Å². The molecule has 1 aliphatic carbocycles. The minimum Gasteiger partial charge on any atom is -0.336 e. The van der Waals surface area contributed by atoms with E-state index in [1.54, 1.807) is 0 Å². The summed E-state index contributed by atoms with van der Waals surface area (Å²) >= 11 is 3.56. The highest BCUT2D eigenvalue weighted by molar-refractivity contribution is 9.10. The van der Waals surface area contributed by atoms with Crippen LogP contribution >= 0.6 is 15.9 Å². The van der Waals surface area contributed by atoms with Crippen molar-refractivity contribution in [3.8, 4) is 5.69 Å². The Bertz CT molecular complexity index is 745. The predicted molar refractivity (Wildman–Crippen MR) is 104 cm³/mol. The highest BCUT2D eigenvalue weighted by Crippen LogP contribution is 2.25. The standard InChI is InChI=1S/C20H26BrN3O/c1-4-23(17-8-6-5-7-9-17)20(25)16-10-12-18(13-11-16)24-15(3)19(21)14(2)22-24/h10-13,17H,4-9H2,1-3H3. The molecule has 1 aromatic heterocycles. The second-order valence-electron chi connectivity index (χ2n) is 6.83. The molecule has 1 heterocycles. The summed E-state index contributed by atoms with van der Waals surface area (Å²) in [6.45, 7) is 6.86. The first-order valence-electron chi connectivity index (χ1n) is 9.16. The molecular formula is C20H26BrN3O. The first-order valence-corrected chi connectivity index (χ1v) is 9.95. The lowest BCUT2D eigenvalue weighted by molar-refractivity contribution is 0.0648. The molecular weight excluding hydrogens is 378 g/mol. The molecule has 0 N–H and O–H groups in total. The quantitative estimate of drug-likeness (QED) is 0.716. The normalized spacial score (nSPS) is 15.4. The van der Waals surface area contributed by atoms with E-state index >= 15 is 0 Å². The van der Waals surface area contributed by atoms with Gasteiger partial charge in [-0.05, 0) is 73.8 Å². The van der Waals surface area contributed by atoms with Crippen LogP contribution in [0.3, 0.4) is 0 Å². The number of aryl methyl sites for hydroxylation is 1. The van der Waals surface area contributed by atoms with E-state index in [0.717, 1.165) is 46.5 Å². The lowest BCUT2D eigenvalue weighted by atomic mass is 9.93. The topological polar surface area (TPSA) is 38.1 Å². The van der Waals surface area contributed by atoms with E-state index < -0.39 is 0 Å². The molecule has 0 unspecified atom stereocenters. The molecule has 134 valence electrons. The van der Waals surface area contributed by atoms with Crippen molar-refractivity contribution in [3.05, 3.63) is 45.7 Å². The van der Waals surface area contributed by atoms with Crippen molar-refractivity contribution in [2.24, 2.45) is 0 Å². The third-order valence-corrected chi connectivity index (χ3v) is 6.33. The van der Waals surface area contributed by atoms with Crippen molar-refractivity contribution < 1.29 is 4.79 Å². The Hall–Kier alpha value is -1.62. The van der Waals surface area contributed by atoms with Gasteiger partial charge >= 0.3 is 0 Å². The zero-order chi connectivity index (χ0) is 18.0. The molecule has 4 nitrogen and oxygen atoms in total. The Labute approximate surface area is 158 Å². The number of amides is 1. The summed E-state index contributed by atoms with van der Waals surface area (Å²) in [5.41, 5.74) is 3.77. The Morgan fingerprint density at radius 2 is 1.84 bits per heavy atom. The van der Waals surface area contributed by atoms with Gasteiger partial charge in [0.15, 0.2) is 0 Å². The summed E-state index contributed by atoms with van der Waals surface area (Å²) in [4.78, 5) is 15.0. The molecule has 0 aliphatic heterocycles. The van der Waals surface area contributed by atoms with E-state index in [-0.39, 0.29) is 5.91 Å². The van der Waals surface area contributed by atoms with Gasteiger partial charge in [-0.2, -0.15) is 5.10 Å². The second kappa shape index (κ2) is 7.73. The smallest absolute Gasteiger partial charge is 0.254 e. The summed E-state index contributed by atoms with van der Waals surface area (Å²) in [6.07, 6.45) is 6.05. The first-order chi connectivity index (χ1) is 12.0. The van der Waals surface area contributed by atoms with Crippen LogP contribution in [0.2, 0.25) is 0 Å². The Morgan fingerprint density at radius 3 is 2.36 bits per heavy atom. The van der Waals surface area contributed by atoms with Crippen molar-refractivity contribution in [2.75, 3.05) is 6.54 Å². The molecule has 1 amide bonds. The zero-order valence-corrected chi connectivity index (χ0v) is 16.8. The third kappa shape index (κ3) is 3.66. The zero-order valence-electron chi connectivity index (χ0n) is 15.3. The molecule has 1 aliphatic rings. The van der Waals surface area contributed by atoms with Crippen LogP contribution in [0, 0.1) is 13.8 Å². The van der Waals surface area contributed by atoms with Crippen molar-refractivity contribution in [1.29, 1.82) is 0 Å². The second-order valence-corrected chi connectivity index (χ2v) is 7.62. The molecule has 0 radical (unpaired) electrons. The number of aromatic nitrogens is 2. The van der Waals surface area contributed by atoms with Gasteiger partial charge in [0.25, 0.3) is 5.91 Å². The van der Waals surface area contributed by atoms with E-state index in [0.29, 0.717) is 6.04 Å². The largest absolute Gasteiger partial charge is 0.336 e. The fraction of sp³-hybridized carbons (Fsp3) is 0.500. The average Bonchev–Trinajstić information content (AvgIpc) is 2.91. The number of hydrogen-bond acceptors (Lipinski definition) is 2. The highest BCUT2D eigenvalue weighted by atomic mass is 79.9. The van der Waals surface area contributed by atoms with E-state index in [4.69, 9.17) is 0 Å². The van der Waals surface area contributed by atoms with Crippen LogP contribution in [-0.4, -0.2) is 33.2 Å². The Morgan fingerprint density at radius 1 is 1.20 bits per heavy atom. The fourth-order valence-corrected chi connectivity index (χ4v) is 3.99. The number of rotatable bonds is 4. The summed E-state index contributed by atoms with van der Waals surface area (Å²) in [5.74, 6) is 0.149. The van der Waals surface area contributed by atoms with Gasteiger partial charge in [0.1, 0.15) is 0 Å². The molecule has 1 aromatic carbocycles. The van der Waals surface area contributed by atoms with Gasteiger partial charge in [-0.1, -0.05) is 19.3 Å². The summed E-state index contributed by atoms with van der Waals surface area (Å²) in [6, 6.07) is 8.21. The van der Waals surface area contributed by atoms with Crippen LogP contribution in [-0.2, 0) is 0 Å². The van der Waals surface area contributed by atoms with Gasteiger partial charge in [-0.25, -0.2) is 4.68 Å². The van der Waals surface area contributed by atoms with Crippen LogP contribution in [0.5, 0.6) is 0 Å². The monoisotopic (exact) mass is 403 g/mol. The maximum absolute atomic E-state index is 12.9. The van der Waals surface area contributed by atoms with E-state index in [1.807, 2.05) is 47.7 Å². The molecule has 0 spiro atoms. The lowest BCUT2D eigenvalue weighted by Gasteiger charge is -2.33. The number of carbonyl (C=O) groups excluding carboxylic acids is 1. The van der Waals surface area contributed by atoms with Gasteiger partial charge < -0.3 is 4.90 Å². The van der Waals surface area contributed by atoms with Gasteiger partial charge in [0.2, 0.25) is 0 Å². The van der Waals surface area contributed by atoms with Gasteiger partial charge in [-0.15, -0.1) is 0 Å². The SMILES string of the molecule is CCN(C(=O)c1ccc(-n2nc(C)c(Br)c2C)cc1)C1CCCCC1. The van der Waals surface area contributed by atoms with Crippen molar-refractivity contribution in [3.63, 3.8) is 0 Å². The molecule has 2 aromatic rings. The third-order valence-electron chi connectivity index (χ3n) is 5.18. The number of nitrogens with zero attached hydrogens (tertiary/aromatic N) is 3. The molecule has 5 heteroatoms. The van der Waals surface area contributed by atoms with Crippen LogP contribution < -0.4 is 0 Å². The predicted octanol–water partition coefficient (Wildman–Crippen LogP) is 5.05. The minimum absolute atomic E-state index is 0.149. The lowest BCUT2D eigenvalue weighted by Crippen LogP contribution is -2.41. The molecule has 1 fully saturated rings. The fourth-order valence-electron chi connectivity index (χ4n) is 3.75. The molecule has 3 rings (SSSR count). The summed E-state index contributed by atoms with van der Waals surface area (Å²) < 4.78 is 2.94. The minimum atomic E-state index is 0.149. The van der Waals surface area contributed by atoms with Crippen molar-refractivity contribution in [2.45, 2.75) is 58.9 Å². The molecule has 0 atom stereocenters. The van der Waals surface area contributed by atoms with Gasteiger partial charge in [0, 0.05) is 18.2 Å². The molecule has 0 saturated heterocycles. The summed E-state index contributed by atoms with van der Waals surface area (Å²) in [5, 5.41) is 4.55.